The number of hydrogen-bond donors (Lipinski definition) is 3. The van der Waals surface area contributed by atoms with Crippen molar-refractivity contribution in [3.8, 4) is 0 Å². The first-order valence-electron chi connectivity index (χ1n) is 7.29. The van der Waals surface area contributed by atoms with E-state index in [4.69, 9.17) is 27.9 Å². The second-order valence-corrected chi connectivity index (χ2v) is 8.29. The lowest BCUT2D eigenvalue weighted by atomic mass is 10.3. The van der Waals surface area contributed by atoms with Gasteiger partial charge >= 0.3 is 11.8 Å². The number of nitrogens with one attached hydrogen (secondary N) is 3. The predicted molar refractivity (Wildman–Crippen MR) is 92.9 cm³/mol. The van der Waals surface area contributed by atoms with Gasteiger partial charge in [0.1, 0.15) is 6.04 Å². The molecule has 1 heterocycles. The molecule has 2 rings (SSSR count). The van der Waals surface area contributed by atoms with Crippen LogP contribution in [0.3, 0.4) is 0 Å². The van der Waals surface area contributed by atoms with E-state index < -0.39 is 15.8 Å². The molecule has 0 aliphatic carbocycles. The third kappa shape index (κ3) is 5.25. The first-order chi connectivity index (χ1) is 11.3. The van der Waals surface area contributed by atoms with Crippen molar-refractivity contribution in [3.63, 3.8) is 0 Å². The van der Waals surface area contributed by atoms with Gasteiger partial charge in [0.15, 0.2) is 9.84 Å². The average Bonchev–Trinajstić information content (AvgIpc) is 2.85. The summed E-state index contributed by atoms with van der Waals surface area (Å²) in [4.78, 5) is 14.9. The minimum atomic E-state index is -3.07. The maximum atomic E-state index is 12.0. The number of halogens is 2. The van der Waals surface area contributed by atoms with Crippen LogP contribution >= 0.6 is 23.2 Å². The molecular formula is C14H18Cl2N3O4S+. The zero-order chi connectivity index (χ0) is 17.7. The van der Waals surface area contributed by atoms with Crippen LogP contribution in [-0.4, -0.2) is 44.4 Å². The summed E-state index contributed by atoms with van der Waals surface area (Å²) in [5.74, 6) is -0.563. The Balaban J connectivity index is 2.14. The molecule has 1 aromatic carbocycles. The average molecular weight is 395 g/mol. The summed E-state index contributed by atoms with van der Waals surface area (Å²) in [6.07, 6.45) is 0.421. The summed E-state index contributed by atoms with van der Waals surface area (Å²) in [7, 11) is -3.07. The molecule has 1 aliphatic heterocycles. The van der Waals surface area contributed by atoms with Gasteiger partial charge < -0.3 is 4.74 Å². The van der Waals surface area contributed by atoms with Crippen molar-refractivity contribution in [3.05, 3.63) is 28.2 Å². The maximum absolute atomic E-state index is 12.0. The van der Waals surface area contributed by atoms with Crippen molar-refractivity contribution in [2.45, 2.75) is 19.4 Å². The van der Waals surface area contributed by atoms with Gasteiger partial charge in [-0.3, -0.25) is 4.99 Å². The molecule has 1 fully saturated rings. The molecular weight excluding hydrogens is 377 g/mol. The number of hydrazine groups is 1. The molecule has 1 atom stereocenters. The lowest BCUT2D eigenvalue weighted by Gasteiger charge is -2.08. The molecule has 1 aliphatic rings. The Bertz CT molecular complexity index is 752. The largest absolute Gasteiger partial charge is 0.457 e. The highest BCUT2D eigenvalue weighted by Gasteiger charge is 2.32. The van der Waals surface area contributed by atoms with Crippen LogP contribution in [0, 0.1) is 0 Å². The van der Waals surface area contributed by atoms with E-state index in [1.165, 1.54) is 0 Å². The molecule has 1 aromatic rings. The summed E-state index contributed by atoms with van der Waals surface area (Å²) >= 11 is 11.9. The van der Waals surface area contributed by atoms with Crippen molar-refractivity contribution >= 4 is 50.5 Å². The van der Waals surface area contributed by atoms with E-state index in [-0.39, 0.29) is 30.0 Å². The summed E-state index contributed by atoms with van der Waals surface area (Å²) < 4.78 is 28.1. The van der Waals surface area contributed by atoms with Crippen molar-refractivity contribution in [2.75, 3.05) is 23.5 Å². The van der Waals surface area contributed by atoms with Crippen LogP contribution in [0.2, 0.25) is 10.0 Å². The zero-order valence-electron chi connectivity index (χ0n) is 12.9. The minimum absolute atomic E-state index is 0.00925. The van der Waals surface area contributed by atoms with Crippen LogP contribution in [0.4, 0.5) is 5.69 Å². The molecule has 0 radical (unpaired) electrons. The second-order valence-electron chi connectivity index (χ2n) is 5.21. The summed E-state index contributed by atoms with van der Waals surface area (Å²) in [6, 6.07) is 4.46. The third-order valence-electron chi connectivity index (χ3n) is 3.31. The molecule has 0 spiro atoms. The van der Waals surface area contributed by atoms with E-state index in [2.05, 4.69) is 15.8 Å². The number of benzene rings is 1. The molecule has 1 saturated heterocycles. The van der Waals surface area contributed by atoms with E-state index in [1.807, 2.05) is 0 Å². The Morgan fingerprint density at radius 1 is 1.42 bits per heavy atom. The normalized spacial score (nSPS) is 19.8. The van der Waals surface area contributed by atoms with Crippen molar-refractivity contribution < 1.29 is 22.9 Å². The molecule has 24 heavy (non-hydrogen) atoms. The van der Waals surface area contributed by atoms with Gasteiger partial charge in [-0.2, -0.15) is 5.43 Å². The number of carbonyl (C=O) groups excluding carboxylic acids is 1. The van der Waals surface area contributed by atoms with E-state index >= 15 is 0 Å². The number of esters is 1. The van der Waals surface area contributed by atoms with Crippen LogP contribution in [0.5, 0.6) is 0 Å². The Kier molecular flexibility index (Phi) is 6.31. The van der Waals surface area contributed by atoms with Gasteiger partial charge in [-0.15, -0.1) is 0 Å². The summed E-state index contributed by atoms with van der Waals surface area (Å²) in [6.45, 7) is 1.86. The lowest BCUT2D eigenvalue weighted by Crippen LogP contribution is -2.84. The van der Waals surface area contributed by atoms with Gasteiger partial charge in [0.2, 0.25) is 0 Å². The first kappa shape index (κ1) is 18.8. The number of anilines is 1. The molecule has 132 valence electrons. The summed E-state index contributed by atoms with van der Waals surface area (Å²) in [5.41, 5.74) is 5.92. The van der Waals surface area contributed by atoms with E-state index in [0.717, 1.165) is 0 Å². The van der Waals surface area contributed by atoms with E-state index in [0.29, 0.717) is 22.2 Å². The fraction of sp³-hybridized carbons (Fsp3) is 0.429. The lowest BCUT2D eigenvalue weighted by molar-refractivity contribution is -0.497. The number of amidine groups is 1. The quantitative estimate of drug-likeness (QED) is 0.290. The number of hydrogen-bond acceptors (Lipinski definition) is 5. The molecule has 0 saturated carbocycles. The third-order valence-corrected chi connectivity index (χ3v) is 5.64. The van der Waals surface area contributed by atoms with Gasteiger partial charge in [-0.05, 0) is 25.1 Å². The first-order valence-corrected chi connectivity index (χ1v) is 9.86. The monoisotopic (exact) mass is 394 g/mol. The van der Waals surface area contributed by atoms with Gasteiger partial charge in [0, 0.05) is 11.4 Å². The number of ether oxygens (including phenoxy) is 1. The van der Waals surface area contributed by atoms with Gasteiger partial charge in [0.25, 0.3) is 0 Å². The zero-order valence-corrected chi connectivity index (χ0v) is 15.3. The van der Waals surface area contributed by atoms with Crippen LogP contribution in [0.1, 0.15) is 13.3 Å². The highest BCUT2D eigenvalue weighted by molar-refractivity contribution is 7.91. The van der Waals surface area contributed by atoms with Gasteiger partial charge in [-0.1, -0.05) is 23.2 Å². The maximum Gasteiger partial charge on any atom is 0.423 e. The fourth-order valence-electron chi connectivity index (χ4n) is 2.19. The van der Waals surface area contributed by atoms with Crippen molar-refractivity contribution in [2.24, 2.45) is 0 Å². The standard InChI is InChI=1S/C14H17Cl2N3O4S/c1-2-23-14(20)13(17-10-5-6-24(21,22)8-10)19-18-12-7-9(15)3-4-11(12)16/h3-4,7,10,18H,2,5-6,8H2,1H3,(H,17,19)/p+1/t10-/m1/s1. The van der Waals surface area contributed by atoms with Gasteiger partial charge in [0.05, 0.1) is 28.8 Å². The van der Waals surface area contributed by atoms with Gasteiger partial charge in [-0.25, -0.2) is 18.6 Å². The summed E-state index contributed by atoms with van der Waals surface area (Å²) in [5, 5.41) is 0.870. The Morgan fingerprint density at radius 2 is 2.17 bits per heavy atom. The minimum Gasteiger partial charge on any atom is -0.457 e. The Labute approximate surface area is 150 Å². The molecule has 3 N–H and O–H groups in total. The molecule has 0 aromatic heterocycles. The molecule has 0 unspecified atom stereocenters. The van der Waals surface area contributed by atoms with Crippen LogP contribution in [0.15, 0.2) is 18.2 Å². The SMILES string of the molecule is CCOC(=O)C(NNc1cc(Cl)ccc1Cl)=[NH+][C@@H]1CCS(=O)(=O)C1. The topological polar surface area (TPSA) is 98.5 Å². The number of rotatable bonds is 4. The Morgan fingerprint density at radius 3 is 2.79 bits per heavy atom. The highest BCUT2D eigenvalue weighted by Crippen LogP contribution is 2.24. The molecule has 7 nitrogen and oxygen atoms in total. The predicted octanol–water partition coefficient (Wildman–Crippen LogP) is 0.139. The van der Waals surface area contributed by atoms with Crippen LogP contribution in [-0.2, 0) is 19.4 Å². The molecule has 0 amide bonds. The second kappa shape index (κ2) is 8.04. The Hall–Kier alpha value is -1.51. The van der Waals surface area contributed by atoms with Crippen molar-refractivity contribution in [1.29, 1.82) is 0 Å². The number of sulfone groups is 1. The smallest absolute Gasteiger partial charge is 0.423 e. The number of carbonyl (C=O) groups is 1. The fourth-order valence-corrected chi connectivity index (χ4v) is 4.20. The molecule has 10 heteroatoms. The van der Waals surface area contributed by atoms with Crippen LogP contribution < -0.4 is 15.8 Å². The van der Waals surface area contributed by atoms with E-state index in [1.54, 1.807) is 25.1 Å². The molecule has 0 bridgehead atoms. The van der Waals surface area contributed by atoms with E-state index in [9.17, 15) is 13.2 Å². The van der Waals surface area contributed by atoms with Crippen LogP contribution in [0.25, 0.3) is 0 Å². The highest BCUT2D eigenvalue weighted by atomic mass is 35.5. The van der Waals surface area contributed by atoms with Crippen molar-refractivity contribution in [1.82, 2.24) is 5.43 Å².